The number of hydrogen-bond donors (Lipinski definition) is 1. The number of hydrogen-bond acceptors (Lipinski definition) is 4. The van der Waals surface area contributed by atoms with E-state index in [2.05, 4.69) is 16.8 Å². The molecule has 1 N–H and O–H groups in total. The van der Waals surface area contributed by atoms with Gasteiger partial charge >= 0.3 is 0 Å². The lowest BCUT2D eigenvalue weighted by molar-refractivity contribution is -0.115. The van der Waals surface area contributed by atoms with Crippen LogP contribution in [0, 0.1) is 0 Å². The van der Waals surface area contributed by atoms with Crippen molar-refractivity contribution in [1.82, 2.24) is 9.55 Å². The summed E-state index contributed by atoms with van der Waals surface area (Å²) in [6, 6.07) is 13.1. The molecule has 7 heteroatoms. The van der Waals surface area contributed by atoms with E-state index in [1.54, 1.807) is 7.11 Å². The number of nitrogens with one attached hydrogen (secondary N) is 1. The number of anilines is 1. The number of amides is 1. The van der Waals surface area contributed by atoms with Crippen molar-refractivity contribution in [1.29, 1.82) is 0 Å². The number of aromatic nitrogens is 2. The van der Waals surface area contributed by atoms with Gasteiger partial charge in [-0.25, -0.2) is 4.98 Å². The Balaban J connectivity index is 1.81. The number of halogens is 1. The zero-order valence-corrected chi connectivity index (χ0v) is 17.1. The van der Waals surface area contributed by atoms with Crippen LogP contribution in [0.5, 0.6) is 5.75 Å². The molecule has 3 rings (SSSR count). The summed E-state index contributed by atoms with van der Waals surface area (Å²) >= 11 is 7.54. The molecule has 1 aromatic heterocycles. The van der Waals surface area contributed by atoms with Crippen LogP contribution < -0.4 is 10.1 Å². The van der Waals surface area contributed by atoms with Crippen molar-refractivity contribution in [2.45, 2.75) is 37.2 Å². The molecule has 0 aliphatic rings. The molecule has 0 saturated carbocycles. The van der Waals surface area contributed by atoms with Crippen molar-refractivity contribution in [2.75, 3.05) is 12.4 Å². The van der Waals surface area contributed by atoms with Crippen LogP contribution >= 0.6 is 23.4 Å². The molecule has 142 valence electrons. The van der Waals surface area contributed by atoms with Crippen LogP contribution in [0.2, 0.25) is 5.02 Å². The normalized spacial score (nSPS) is 12.1. The number of carbonyl (C=O) groups is 1. The van der Waals surface area contributed by atoms with E-state index in [1.807, 2.05) is 49.4 Å². The standard InChI is InChI=1S/C20H22ClN3O2S/c1-4-11-24-17-10-9-14(21)12-16(17)23-20(24)27-13(2)19(25)22-15-7-5-6-8-18(15)26-3/h5-10,12-13H,4,11H2,1-3H3,(H,22,25)/t13-/m1/s1. The molecule has 3 aromatic rings. The molecule has 0 aliphatic carbocycles. The highest BCUT2D eigenvalue weighted by molar-refractivity contribution is 8.00. The monoisotopic (exact) mass is 403 g/mol. The van der Waals surface area contributed by atoms with Crippen LogP contribution in [-0.4, -0.2) is 27.8 Å². The first-order chi connectivity index (χ1) is 13.0. The molecule has 0 bridgehead atoms. The van der Waals surface area contributed by atoms with Crippen molar-refractivity contribution < 1.29 is 9.53 Å². The number of benzene rings is 2. The van der Waals surface area contributed by atoms with Gasteiger partial charge in [0, 0.05) is 11.6 Å². The van der Waals surface area contributed by atoms with E-state index >= 15 is 0 Å². The topological polar surface area (TPSA) is 56.2 Å². The average molecular weight is 404 g/mol. The molecular weight excluding hydrogens is 382 g/mol. The summed E-state index contributed by atoms with van der Waals surface area (Å²) in [5.41, 5.74) is 2.53. The van der Waals surface area contributed by atoms with E-state index < -0.39 is 0 Å². The van der Waals surface area contributed by atoms with Gasteiger partial charge in [0.05, 0.1) is 29.1 Å². The molecule has 0 aliphatic heterocycles. The van der Waals surface area contributed by atoms with Gasteiger partial charge in [0.2, 0.25) is 5.91 Å². The highest BCUT2D eigenvalue weighted by atomic mass is 35.5. The largest absolute Gasteiger partial charge is 0.495 e. The minimum absolute atomic E-state index is 0.0994. The first kappa shape index (κ1) is 19.6. The van der Waals surface area contributed by atoms with Crippen molar-refractivity contribution in [3.8, 4) is 5.75 Å². The summed E-state index contributed by atoms with van der Waals surface area (Å²) < 4.78 is 7.44. The van der Waals surface area contributed by atoms with E-state index in [9.17, 15) is 4.79 Å². The second-order valence-electron chi connectivity index (χ2n) is 6.13. The van der Waals surface area contributed by atoms with E-state index in [0.29, 0.717) is 16.5 Å². The fourth-order valence-corrected chi connectivity index (χ4v) is 3.92. The van der Waals surface area contributed by atoms with E-state index in [4.69, 9.17) is 21.3 Å². The summed E-state index contributed by atoms with van der Waals surface area (Å²) in [4.78, 5) is 17.4. The van der Waals surface area contributed by atoms with Gasteiger partial charge in [-0.15, -0.1) is 0 Å². The fourth-order valence-electron chi connectivity index (χ4n) is 2.80. The molecule has 5 nitrogen and oxygen atoms in total. The second kappa shape index (κ2) is 8.67. The molecule has 0 radical (unpaired) electrons. The number of carbonyl (C=O) groups excluding carboxylic acids is 1. The molecule has 1 atom stereocenters. The number of aryl methyl sites for hydroxylation is 1. The number of ether oxygens (including phenoxy) is 1. The Morgan fingerprint density at radius 1 is 1.33 bits per heavy atom. The van der Waals surface area contributed by atoms with Crippen LogP contribution in [-0.2, 0) is 11.3 Å². The molecule has 0 saturated heterocycles. The van der Waals surface area contributed by atoms with E-state index in [0.717, 1.165) is 29.2 Å². The summed E-state index contributed by atoms with van der Waals surface area (Å²) in [6.45, 7) is 4.83. The minimum atomic E-state index is -0.321. The Morgan fingerprint density at radius 3 is 2.85 bits per heavy atom. The van der Waals surface area contributed by atoms with Gasteiger partial charge in [0.15, 0.2) is 5.16 Å². The molecule has 1 amide bonds. The lowest BCUT2D eigenvalue weighted by Crippen LogP contribution is -2.23. The SMILES string of the molecule is CCCn1c(S[C@H](C)C(=O)Nc2ccccc2OC)nc2cc(Cl)ccc21. The van der Waals surface area contributed by atoms with Crippen LogP contribution in [0.4, 0.5) is 5.69 Å². The quantitative estimate of drug-likeness (QED) is 0.549. The van der Waals surface area contributed by atoms with Crippen molar-refractivity contribution in [3.63, 3.8) is 0 Å². The van der Waals surface area contributed by atoms with Crippen molar-refractivity contribution >= 4 is 46.0 Å². The van der Waals surface area contributed by atoms with Gasteiger partial charge in [-0.2, -0.15) is 0 Å². The molecule has 0 unspecified atom stereocenters. The molecule has 2 aromatic carbocycles. The highest BCUT2D eigenvalue weighted by Crippen LogP contribution is 2.30. The maximum Gasteiger partial charge on any atom is 0.237 e. The maximum atomic E-state index is 12.7. The molecular formula is C20H22ClN3O2S. The number of para-hydroxylation sites is 2. The maximum absolute atomic E-state index is 12.7. The third-order valence-corrected chi connectivity index (χ3v) is 5.46. The van der Waals surface area contributed by atoms with Crippen molar-refractivity contribution in [2.24, 2.45) is 0 Å². The highest BCUT2D eigenvalue weighted by Gasteiger charge is 2.20. The zero-order valence-electron chi connectivity index (χ0n) is 15.5. The lowest BCUT2D eigenvalue weighted by atomic mass is 10.3. The summed E-state index contributed by atoms with van der Waals surface area (Å²) in [6.07, 6.45) is 0.976. The predicted octanol–water partition coefficient (Wildman–Crippen LogP) is 5.23. The second-order valence-corrected chi connectivity index (χ2v) is 7.87. The van der Waals surface area contributed by atoms with Crippen LogP contribution in [0.15, 0.2) is 47.6 Å². The number of fused-ring (bicyclic) bond motifs is 1. The number of thioether (sulfide) groups is 1. The molecule has 0 spiro atoms. The number of methoxy groups -OCH3 is 1. The number of imidazole rings is 1. The van der Waals surface area contributed by atoms with Crippen molar-refractivity contribution in [3.05, 3.63) is 47.5 Å². The van der Waals surface area contributed by atoms with E-state index in [-0.39, 0.29) is 11.2 Å². The Hall–Kier alpha value is -2.18. The fraction of sp³-hybridized carbons (Fsp3) is 0.300. The Bertz CT molecular complexity index is 958. The van der Waals surface area contributed by atoms with Crippen LogP contribution in [0.3, 0.4) is 0 Å². The molecule has 1 heterocycles. The first-order valence-corrected chi connectivity index (χ1v) is 10.1. The molecule has 0 fully saturated rings. The summed E-state index contributed by atoms with van der Waals surface area (Å²) in [5, 5.41) is 4.08. The number of rotatable bonds is 7. The van der Waals surface area contributed by atoms with Gasteiger partial charge in [0.25, 0.3) is 0 Å². The van der Waals surface area contributed by atoms with Gasteiger partial charge < -0.3 is 14.6 Å². The summed E-state index contributed by atoms with van der Waals surface area (Å²) in [5.74, 6) is 0.536. The Kier molecular flexibility index (Phi) is 6.29. The Labute approximate surface area is 168 Å². The van der Waals surface area contributed by atoms with Gasteiger partial charge in [-0.05, 0) is 43.7 Å². The third-order valence-electron chi connectivity index (χ3n) is 4.14. The minimum Gasteiger partial charge on any atom is -0.495 e. The third kappa shape index (κ3) is 4.39. The first-order valence-electron chi connectivity index (χ1n) is 8.79. The Morgan fingerprint density at radius 2 is 2.11 bits per heavy atom. The smallest absolute Gasteiger partial charge is 0.237 e. The van der Waals surface area contributed by atoms with Crippen LogP contribution in [0.1, 0.15) is 20.3 Å². The zero-order chi connectivity index (χ0) is 19.4. The molecule has 27 heavy (non-hydrogen) atoms. The van der Waals surface area contributed by atoms with E-state index in [1.165, 1.54) is 11.8 Å². The van der Waals surface area contributed by atoms with Gasteiger partial charge in [-0.3, -0.25) is 4.79 Å². The van der Waals surface area contributed by atoms with Gasteiger partial charge in [-0.1, -0.05) is 42.4 Å². The van der Waals surface area contributed by atoms with Crippen LogP contribution in [0.25, 0.3) is 11.0 Å². The predicted molar refractivity (Wildman–Crippen MR) is 112 cm³/mol. The summed E-state index contributed by atoms with van der Waals surface area (Å²) in [7, 11) is 1.58. The number of nitrogens with zero attached hydrogens (tertiary/aromatic N) is 2. The average Bonchev–Trinajstić information content (AvgIpc) is 2.98. The lowest BCUT2D eigenvalue weighted by Gasteiger charge is -2.14. The van der Waals surface area contributed by atoms with Gasteiger partial charge in [0.1, 0.15) is 5.75 Å².